The molecule has 170 valence electrons. The number of aryl methyl sites for hydroxylation is 1. The highest BCUT2D eigenvalue weighted by molar-refractivity contribution is 6.05. The number of aromatic nitrogens is 4. The number of amides is 1. The van der Waals surface area contributed by atoms with Gasteiger partial charge in [-0.25, -0.2) is 9.37 Å². The van der Waals surface area contributed by atoms with Crippen molar-refractivity contribution in [2.75, 3.05) is 18.5 Å². The van der Waals surface area contributed by atoms with Gasteiger partial charge >= 0.3 is 0 Å². The maximum atomic E-state index is 15.6. The summed E-state index contributed by atoms with van der Waals surface area (Å²) in [4.78, 5) is 29.4. The molecule has 9 heteroatoms. The summed E-state index contributed by atoms with van der Waals surface area (Å²) in [5.74, 6) is 0.00605. The number of nitrogens with one attached hydrogen (secondary N) is 1. The summed E-state index contributed by atoms with van der Waals surface area (Å²) in [5.41, 5.74) is 1.74. The van der Waals surface area contributed by atoms with Gasteiger partial charge in [-0.05, 0) is 49.6 Å². The van der Waals surface area contributed by atoms with Crippen LogP contribution < -0.4 is 5.32 Å². The van der Waals surface area contributed by atoms with Gasteiger partial charge < -0.3 is 14.6 Å². The Morgan fingerprint density at radius 1 is 1.24 bits per heavy atom. The fourth-order valence-corrected chi connectivity index (χ4v) is 4.11. The molecule has 0 bridgehead atoms. The van der Waals surface area contributed by atoms with E-state index in [2.05, 4.69) is 20.5 Å². The van der Waals surface area contributed by atoms with Gasteiger partial charge in [0.2, 0.25) is 0 Å². The zero-order valence-electron chi connectivity index (χ0n) is 18.4. The SMILES string of the molecule is CC(=O)c1cc(C(=O)Nc2cccc(C3([C@@H](F)c4nncn4C)COC3)c2)nc(C2CC2)c1. The van der Waals surface area contributed by atoms with E-state index in [0.29, 0.717) is 22.7 Å². The first-order valence-electron chi connectivity index (χ1n) is 10.9. The molecule has 3 heterocycles. The number of Topliss-reactive ketones (excluding diaryl/α,β-unsaturated/α-hetero) is 1. The Kier molecular flexibility index (Phi) is 5.28. The lowest BCUT2D eigenvalue weighted by atomic mass is 9.74. The van der Waals surface area contributed by atoms with Crippen LogP contribution >= 0.6 is 0 Å². The summed E-state index contributed by atoms with van der Waals surface area (Å²) in [5, 5.41) is 10.6. The lowest BCUT2D eigenvalue weighted by Crippen LogP contribution is -2.50. The molecule has 1 aliphatic heterocycles. The largest absolute Gasteiger partial charge is 0.379 e. The number of carbonyl (C=O) groups is 2. The number of ether oxygens (including phenoxy) is 1. The molecule has 2 aliphatic rings. The second-order valence-electron chi connectivity index (χ2n) is 8.84. The Labute approximate surface area is 190 Å². The van der Waals surface area contributed by atoms with Crippen molar-refractivity contribution in [2.45, 2.75) is 37.3 Å². The van der Waals surface area contributed by atoms with Crippen LogP contribution in [-0.2, 0) is 17.2 Å². The quantitative estimate of drug-likeness (QED) is 0.554. The van der Waals surface area contributed by atoms with Gasteiger partial charge in [-0.2, -0.15) is 0 Å². The van der Waals surface area contributed by atoms with Crippen LogP contribution in [0.2, 0.25) is 0 Å². The highest BCUT2D eigenvalue weighted by atomic mass is 19.1. The van der Waals surface area contributed by atoms with Crippen LogP contribution in [0.4, 0.5) is 10.1 Å². The number of benzene rings is 1. The highest BCUT2D eigenvalue weighted by Crippen LogP contribution is 2.45. The van der Waals surface area contributed by atoms with Crippen molar-refractivity contribution in [1.82, 2.24) is 19.7 Å². The molecule has 0 unspecified atom stereocenters. The van der Waals surface area contributed by atoms with E-state index in [4.69, 9.17) is 4.74 Å². The Balaban J connectivity index is 1.41. The fraction of sp³-hybridized carbons (Fsp3) is 0.375. The maximum Gasteiger partial charge on any atom is 0.274 e. The first-order valence-corrected chi connectivity index (χ1v) is 10.9. The molecule has 1 aromatic carbocycles. The average molecular weight is 449 g/mol. The summed E-state index contributed by atoms with van der Waals surface area (Å²) in [6.45, 7) is 1.87. The van der Waals surface area contributed by atoms with E-state index in [9.17, 15) is 9.59 Å². The lowest BCUT2D eigenvalue weighted by Gasteiger charge is -2.43. The van der Waals surface area contributed by atoms with Gasteiger partial charge in [-0.15, -0.1) is 10.2 Å². The van der Waals surface area contributed by atoms with Crippen molar-refractivity contribution < 1.29 is 18.7 Å². The molecule has 2 fully saturated rings. The van der Waals surface area contributed by atoms with E-state index in [1.54, 1.807) is 35.9 Å². The molecule has 1 aliphatic carbocycles. The highest BCUT2D eigenvalue weighted by Gasteiger charge is 2.50. The molecular formula is C24H24FN5O3. The molecular weight excluding hydrogens is 425 g/mol. The third-order valence-corrected chi connectivity index (χ3v) is 6.35. The first kappa shape index (κ1) is 21.4. The van der Waals surface area contributed by atoms with Crippen LogP contribution in [0.3, 0.4) is 0 Å². The average Bonchev–Trinajstić information content (AvgIpc) is 3.53. The van der Waals surface area contributed by atoms with Gasteiger partial charge in [-0.1, -0.05) is 12.1 Å². The van der Waals surface area contributed by atoms with Crippen molar-refractivity contribution >= 4 is 17.4 Å². The number of rotatable bonds is 7. The molecule has 0 radical (unpaired) electrons. The normalized spacial score (nSPS) is 17.8. The lowest BCUT2D eigenvalue weighted by molar-refractivity contribution is -0.102. The van der Waals surface area contributed by atoms with E-state index in [1.165, 1.54) is 19.3 Å². The van der Waals surface area contributed by atoms with Gasteiger partial charge in [0.05, 0.1) is 18.6 Å². The molecule has 33 heavy (non-hydrogen) atoms. The second kappa shape index (κ2) is 8.15. The number of nitrogens with zero attached hydrogens (tertiary/aromatic N) is 4. The van der Waals surface area contributed by atoms with Gasteiger partial charge in [0.25, 0.3) is 5.91 Å². The molecule has 2 aromatic heterocycles. The van der Waals surface area contributed by atoms with Crippen LogP contribution in [0.15, 0.2) is 42.7 Å². The Bertz CT molecular complexity index is 1230. The Morgan fingerprint density at radius 2 is 2.03 bits per heavy atom. The summed E-state index contributed by atoms with van der Waals surface area (Å²) < 4.78 is 22.5. The Hall–Kier alpha value is -3.46. The smallest absolute Gasteiger partial charge is 0.274 e. The molecule has 0 spiro atoms. The van der Waals surface area contributed by atoms with Gasteiger partial charge in [0.1, 0.15) is 12.0 Å². The van der Waals surface area contributed by atoms with E-state index >= 15 is 4.39 Å². The van der Waals surface area contributed by atoms with Gasteiger partial charge in [0, 0.05) is 29.9 Å². The van der Waals surface area contributed by atoms with Crippen molar-refractivity contribution in [3.05, 3.63) is 71.1 Å². The van der Waals surface area contributed by atoms with Crippen molar-refractivity contribution in [1.29, 1.82) is 0 Å². The molecule has 1 saturated carbocycles. The summed E-state index contributed by atoms with van der Waals surface area (Å²) in [7, 11) is 1.70. The van der Waals surface area contributed by atoms with E-state index in [0.717, 1.165) is 18.5 Å². The van der Waals surface area contributed by atoms with Crippen LogP contribution in [0, 0.1) is 0 Å². The van der Waals surface area contributed by atoms with E-state index in [1.807, 2.05) is 6.07 Å². The fourth-order valence-electron chi connectivity index (χ4n) is 4.11. The maximum absolute atomic E-state index is 15.6. The third kappa shape index (κ3) is 3.93. The number of hydrogen-bond acceptors (Lipinski definition) is 6. The summed E-state index contributed by atoms with van der Waals surface area (Å²) >= 11 is 0. The topological polar surface area (TPSA) is 99.0 Å². The number of hydrogen-bond donors (Lipinski definition) is 1. The van der Waals surface area contributed by atoms with Crippen LogP contribution in [0.1, 0.15) is 69.8 Å². The number of ketones is 1. The molecule has 3 aromatic rings. The molecule has 5 rings (SSSR count). The van der Waals surface area contributed by atoms with Crippen LogP contribution in [-0.4, -0.2) is 44.7 Å². The molecule has 1 N–H and O–H groups in total. The predicted octanol–water partition coefficient (Wildman–Crippen LogP) is 3.52. The minimum absolute atomic E-state index is 0.111. The van der Waals surface area contributed by atoms with E-state index < -0.39 is 17.5 Å². The predicted molar refractivity (Wildman–Crippen MR) is 118 cm³/mol. The minimum atomic E-state index is -1.42. The number of carbonyl (C=O) groups excluding carboxylic acids is 2. The zero-order chi connectivity index (χ0) is 23.2. The molecule has 1 atom stereocenters. The zero-order valence-corrected chi connectivity index (χ0v) is 18.4. The van der Waals surface area contributed by atoms with Gasteiger partial charge in [-0.3, -0.25) is 9.59 Å². The summed E-state index contributed by atoms with van der Waals surface area (Å²) in [6.07, 6.45) is 2.07. The van der Waals surface area contributed by atoms with Crippen molar-refractivity contribution in [3.8, 4) is 0 Å². The van der Waals surface area contributed by atoms with Crippen LogP contribution in [0.25, 0.3) is 0 Å². The monoisotopic (exact) mass is 449 g/mol. The third-order valence-electron chi connectivity index (χ3n) is 6.35. The number of anilines is 1. The van der Waals surface area contributed by atoms with Crippen LogP contribution in [0.5, 0.6) is 0 Å². The van der Waals surface area contributed by atoms with Gasteiger partial charge in [0.15, 0.2) is 17.8 Å². The first-order chi connectivity index (χ1) is 15.9. The van der Waals surface area contributed by atoms with E-state index in [-0.39, 0.29) is 30.5 Å². The molecule has 8 nitrogen and oxygen atoms in total. The molecule has 1 saturated heterocycles. The second-order valence-corrected chi connectivity index (χ2v) is 8.84. The van der Waals surface area contributed by atoms with Crippen molar-refractivity contribution in [3.63, 3.8) is 0 Å². The standard InChI is InChI=1S/C24H24FN5O3/c1-14(31)16-8-19(15-6-7-15)28-20(9-16)23(32)27-18-5-3-4-17(10-18)24(11-33-12-24)21(25)22-29-26-13-30(22)2/h3-5,8-10,13,15,21H,6-7,11-12H2,1-2H3,(H,27,32)/t21-/m0/s1. The number of alkyl halides is 1. The summed E-state index contributed by atoms with van der Waals surface area (Å²) in [6, 6.07) is 10.4. The molecule has 1 amide bonds. The minimum Gasteiger partial charge on any atom is -0.379 e. The van der Waals surface area contributed by atoms with Crippen molar-refractivity contribution in [2.24, 2.45) is 7.05 Å². The number of pyridine rings is 1. The number of halogens is 1. The Morgan fingerprint density at radius 3 is 2.64 bits per heavy atom.